The Bertz CT molecular complexity index is 374. The van der Waals surface area contributed by atoms with Gasteiger partial charge in [-0.05, 0) is 39.8 Å². The van der Waals surface area contributed by atoms with Crippen LogP contribution >= 0.6 is 23.2 Å². The van der Waals surface area contributed by atoms with Gasteiger partial charge in [0.15, 0.2) is 0 Å². The van der Waals surface area contributed by atoms with Crippen LogP contribution in [0.5, 0.6) is 5.75 Å². The molecule has 0 heterocycles. The van der Waals surface area contributed by atoms with Gasteiger partial charge in [-0.25, -0.2) is 0 Å². The van der Waals surface area contributed by atoms with Crippen molar-refractivity contribution in [3.05, 3.63) is 28.2 Å². The molecule has 0 aliphatic carbocycles. The average Bonchev–Trinajstić information content (AvgIpc) is 2.20. The van der Waals surface area contributed by atoms with E-state index in [9.17, 15) is 0 Å². The fourth-order valence-electron chi connectivity index (χ4n) is 1.28. The maximum atomic E-state index is 6.03. The molecule has 1 unspecified atom stereocenters. The van der Waals surface area contributed by atoms with Crippen LogP contribution in [0.15, 0.2) is 18.2 Å². The van der Waals surface area contributed by atoms with Crippen molar-refractivity contribution in [3.63, 3.8) is 0 Å². The SMILES string of the molecule is CC(CNC(C)(C)C)Oc1cc(Cl)ccc1Cl. The van der Waals surface area contributed by atoms with E-state index in [1.54, 1.807) is 18.2 Å². The predicted octanol–water partition coefficient (Wildman–Crippen LogP) is 4.15. The van der Waals surface area contributed by atoms with Crippen molar-refractivity contribution < 1.29 is 4.74 Å². The Hall–Kier alpha value is -0.440. The summed E-state index contributed by atoms with van der Waals surface area (Å²) in [5.41, 5.74) is 0.0791. The largest absolute Gasteiger partial charge is 0.488 e. The van der Waals surface area contributed by atoms with Crippen molar-refractivity contribution in [2.24, 2.45) is 0 Å². The minimum absolute atomic E-state index is 0.0326. The van der Waals surface area contributed by atoms with E-state index in [0.717, 1.165) is 6.54 Å². The van der Waals surface area contributed by atoms with Gasteiger partial charge in [0.25, 0.3) is 0 Å². The number of ether oxygens (including phenoxy) is 1. The zero-order chi connectivity index (χ0) is 13.1. The van der Waals surface area contributed by atoms with Crippen molar-refractivity contribution in [3.8, 4) is 5.75 Å². The van der Waals surface area contributed by atoms with Crippen LogP contribution < -0.4 is 10.1 Å². The number of hydrogen-bond acceptors (Lipinski definition) is 2. The summed E-state index contributed by atoms with van der Waals surface area (Å²) < 4.78 is 5.74. The van der Waals surface area contributed by atoms with Crippen LogP contribution in [0.4, 0.5) is 0 Å². The highest BCUT2D eigenvalue weighted by molar-refractivity contribution is 6.34. The first kappa shape index (κ1) is 14.6. The first-order valence-electron chi connectivity index (χ1n) is 5.64. The molecule has 0 radical (unpaired) electrons. The molecule has 1 aromatic carbocycles. The van der Waals surface area contributed by atoms with Crippen LogP contribution in [0.3, 0.4) is 0 Å². The lowest BCUT2D eigenvalue weighted by Gasteiger charge is -2.24. The summed E-state index contributed by atoms with van der Waals surface area (Å²) in [4.78, 5) is 0. The fourth-order valence-corrected chi connectivity index (χ4v) is 1.60. The molecule has 1 atom stereocenters. The molecule has 0 aliphatic rings. The number of benzene rings is 1. The Labute approximate surface area is 113 Å². The molecule has 0 aromatic heterocycles. The zero-order valence-electron chi connectivity index (χ0n) is 10.7. The van der Waals surface area contributed by atoms with Crippen molar-refractivity contribution in [1.82, 2.24) is 5.32 Å². The first-order valence-corrected chi connectivity index (χ1v) is 6.40. The van der Waals surface area contributed by atoms with E-state index < -0.39 is 0 Å². The molecule has 2 nitrogen and oxygen atoms in total. The summed E-state index contributed by atoms with van der Waals surface area (Å²) in [7, 11) is 0. The topological polar surface area (TPSA) is 21.3 Å². The summed E-state index contributed by atoms with van der Waals surface area (Å²) in [6.07, 6.45) is 0.0326. The average molecular weight is 276 g/mol. The molecule has 0 saturated heterocycles. The van der Waals surface area contributed by atoms with Gasteiger partial charge in [0.05, 0.1) is 5.02 Å². The number of nitrogens with one attached hydrogen (secondary N) is 1. The molecule has 17 heavy (non-hydrogen) atoms. The summed E-state index contributed by atoms with van der Waals surface area (Å²) >= 11 is 11.9. The summed E-state index contributed by atoms with van der Waals surface area (Å²) in [6.45, 7) is 9.10. The van der Waals surface area contributed by atoms with E-state index >= 15 is 0 Å². The summed E-state index contributed by atoms with van der Waals surface area (Å²) in [5.74, 6) is 0.627. The van der Waals surface area contributed by atoms with Crippen LogP contribution in [0.1, 0.15) is 27.7 Å². The van der Waals surface area contributed by atoms with E-state index in [4.69, 9.17) is 27.9 Å². The van der Waals surface area contributed by atoms with Crippen LogP contribution in [0.25, 0.3) is 0 Å². The molecular weight excluding hydrogens is 257 g/mol. The second-order valence-corrected chi connectivity index (χ2v) is 5.98. The van der Waals surface area contributed by atoms with Gasteiger partial charge in [0, 0.05) is 23.2 Å². The van der Waals surface area contributed by atoms with Crippen molar-refractivity contribution in [1.29, 1.82) is 0 Å². The third-order valence-corrected chi connectivity index (χ3v) is 2.69. The lowest BCUT2D eigenvalue weighted by atomic mass is 10.1. The maximum Gasteiger partial charge on any atom is 0.139 e. The molecule has 0 aliphatic heterocycles. The molecule has 1 aromatic rings. The monoisotopic (exact) mass is 275 g/mol. The number of halogens is 2. The van der Waals surface area contributed by atoms with E-state index in [2.05, 4.69) is 26.1 Å². The second kappa shape index (κ2) is 5.94. The number of rotatable bonds is 4. The lowest BCUT2D eigenvalue weighted by Crippen LogP contribution is -2.41. The highest BCUT2D eigenvalue weighted by atomic mass is 35.5. The van der Waals surface area contributed by atoms with Gasteiger partial charge in [0.2, 0.25) is 0 Å². The van der Waals surface area contributed by atoms with E-state index in [1.165, 1.54) is 0 Å². The highest BCUT2D eigenvalue weighted by Crippen LogP contribution is 2.28. The van der Waals surface area contributed by atoms with Gasteiger partial charge in [0.1, 0.15) is 11.9 Å². The third kappa shape index (κ3) is 5.62. The molecular formula is C13H19Cl2NO. The number of hydrogen-bond donors (Lipinski definition) is 1. The van der Waals surface area contributed by atoms with Gasteiger partial charge < -0.3 is 10.1 Å². The van der Waals surface area contributed by atoms with Gasteiger partial charge in [-0.15, -0.1) is 0 Å². The van der Waals surface area contributed by atoms with Crippen molar-refractivity contribution >= 4 is 23.2 Å². The van der Waals surface area contributed by atoms with Gasteiger partial charge >= 0.3 is 0 Å². The van der Waals surface area contributed by atoms with E-state index in [1.807, 2.05) is 6.92 Å². The fraction of sp³-hybridized carbons (Fsp3) is 0.538. The molecule has 0 fully saturated rings. The molecule has 0 amide bonds. The predicted molar refractivity (Wildman–Crippen MR) is 74.3 cm³/mol. The Morgan fingerprint density at radius 2 is 1.94 bits per heavy atom. The summed E-state index contributed by atoms with van der Waals surface area (Å²) in [6, 6.07) is 5.22. The molecule has 0 saturated carbocycles. The van der Waals surface area contributed by atoms with Crippen LogP contribution in [0.2, 0.25) is 10.0 Å². The van der Waals surface area contributed by atoms with Crippen LogP contribution in [-0.4, -0.2) is 18.2 Å². The lowest BCUT2D eigenvalue weighted by molar-refractivity contribution is 0.203. The van der Waals surface area contributed by atoms with Gasteiger partial charge in [-0.3, -0.25) is 0 Å². The minimum Gasteiger partial charge on any atom is -0.488 e. The normalized spacial score (nSPS) is 13.5. The van der Waals surface area contributed by atoms with Crippen LogP contribution in [0, 0.1) is 0 Å². The first-order chi connectivity index (χ1) is 7.78. The Morgan fingerprint density at radius 3 is 2.53 bits per heavy atom. The molecule has 0 spiro atoms. The van der Waals surface area contributed by atoms with E-state index in [-0.39, 0.29) is 11.6 Å². The summed E-state index contributed by atoms with van der Waals surface area (Å²) in [5, 5.41) is 4.58. The van der Waals surface area contributed by atoms with Crippen molar-refractivity contribution in [2.75, 3.05) is 6.54 Å². The smallest absolute Gasteiger partial charge is 0.139 e. The Balaban J connectivity index is 2.56. The highest BCUT2D eigenvalue weighted by Gasteiger charge is 2.13. The maximum absolute atomic E-state index is 6.03. The quantitative estimate of drug-likeness (QED) is 0.892. The van der Waals surface area contributed by atoms with Gasteiger partial charge in [-0.1, -0.05) is 23.2 Å². The molecule has 1 N–H and O–H groups in total. The zero-order valence-corrected chi connectivity index (χ0v) is 12.2. The molecule has 1 rings (SSSR count). The van der Waals surface area contributed by atoms with Crippen LogP contribution in [-0.2, 0) is 0 Å². The Morgan fingerprint density at radius 1 is 1.29 bits per heavy atom. The molecule has 96 valence electrons. The van der Waals surface area contributed by atoms with Crippen molar-refractivity contribution in [2.45, 2.75) is 39.3 Å². The standard InChI is InChI=1S/C13H19Cl2NO/c1-9(8-16-13(2,3)4)17-12-7-10(14)5-6-11(12)15/h5-7,9,16H,8H2,1-4H3. The third-order valence-electron chi connectivity index (χ3n) is 2.14. The Kier molecular flexibility index (Phi) is 5.11. The second-order valence-electron chi connectivity index (χ2n) is 5.13. The molecule has 0 bridgehead atoms. The van der Waals surface area contributed by atoms with E-state index in [0.29, 0.717) is 15.8 Å². The minimum atomic E-state index is 0.0326. The molecule has 4 heteroatoms. The van der Waals surface area contributed by atoms with Gasteiger partial charge in [-0.2, -0.15) is 0 Å².